The van der Waals surface area contributed by atoms with Gasteiger partial charge in [0.25, 0.3) is 5.91 Å². The summed E-state index contributed by atoms with van der Waals surface area (Å²) >= 11 is 0. The van der Waals surface area contributed by atoms with E-state index >= 15 is 0 Å². The molecule has 3 heteroatoms. The number of carbonyl (C=O) groups excluding carboxylic acids is 1. The lowest BCUT2D eigenvalue weighted by molar-refractivity contribution is -0.130. The monoisotopic (exact) mass is 221 g/mol. The number of ether oxygens (including phenoxy) is 1. The Kier molecular flexibility index (Phi) is 4.35. The maximum Gasteiger partial charge on any atom is 0.259 e. The number of hydrogen-bond donors (Lipinski definition) is 0. The van der Waals surface area contributed by atoms with E-state index in [9.17, 15) is 4.79 Å². The van der Waals surface area contributed by atoms with Crippen molar-refractivity contribution in [2.45, 2.75) is 19.8 Å². The van der Waals surface area contributed by atoms with Gasteiger partial charge in [-0.3, -0.25) is 4.79 Å². The number of amides is 1. The number of likely N-dealkylation sites (N-methyl/N-ethyl adjacent to an activating group) is 1. The fraction of sp³-hybridized carbons (Fsp3) is 0.462. The molecule has 0 saturated heterocycles. The summed E-state index contributed by atoms with van der Waals surface area (Å²) in [6.07, 6.45) is 0. The molecule has 1 rings (SSSR count). The predicted molar refractivity (Wildman–Crippen MR) is 64.7 cm³/mol. The van der Waals surface area contributed by atoms with Gasteiger partial charge in [-0.05, 0) is 17.5 Å². The van der Waals surface area contributed by atoms with Gasteiger partial charge in [0.2, 0.25) is 0 Å². The molecule has 0 heterocycles. The normalized spacial score (nSPS) is 10.3. The summed E-state index contributed by atoms with van der Waals surface area (Å²) in [6, 6.07) is 7.83. The molecule has 0 aliphatic rings. The van der Waals surface area contributed by atoms with Crippen molar-refractivity contribution in [3.63, 3.8) is 0 Å². The minimum atomic E-state index is -0.0291. The molecular formula is C13H19NO2. The van der Waals surface area contributed by atoms with Gasteiger partial charge in [-0.25, -0.2) is 0 Å². The minimum Gasteiger partial charge on any atom is -0.483 e. The van der Waals surface area contributed by atoms with Crippen LogP contribution in [0.5, 0.6) is 5.75 Å². The third-order valence-corrected chi connectivity index (χ3v) is 2.39. The highest BCUT2D eigenvalue weighted by molar-refractivity contribution is 5.77. The number of rotatable bonds is 4. The molecule has 1 aromatic rings. The zero-order chi connectivity index (χ0) is 12.1. The lowest BCUT2D eigenvalue weighted by Gasteiger charge is -2.15. The molecule has 0 radical (unpaired) electrons. The van der Waals surface area contributed by atoms with Gasteiger partial charge < -0.3 is 9.64 Å². The molecule has 0 saturated carbocycles. The summed E-state index contributed by atoms with van der Waals surface area (Å²) < 4.78 is 5.53. The molecule has 3 nitrogen and oxygen atoms in total. The van der Waals surface area contributed by atoms with Crippen LogP contribution in [0.15, 0.2) is 24.3 Å². The Morgan fingerprint density at radius 1 is 1.31 bits per heavy atom. The standard InChI is InChI=1S/C13H19NO2/c1-10(2)11-7-5-6-8-12(11)16-9-13(15)14(3)4/h5-8,10H,9H2,1-4H3. The molecule has 0 spiro atoms. The third kappa shape index (κ3) is 3.26. The van der Waals surface area contributed by atoms with Crippen LogP contribution in [-0.4, -0.2) is 31.5 Å². The molecule has 1 amide bonds. The molecular weight excluding hydrogens is 202 g/mol. The fourth-order valence-corrected chi connectivity index (χ4v) is 1.36. The second-order valence-corrected chi connectivity index (χ2v) is 4.27. The highest BCUT2D eigenvalue weighted by Gasteiger charge is 2.09. The van der Waals surface area contributed by atoms with Gasteiger partial charge in [0.15, 0.2) is 6.61 Å². The van der Waals surface area contributed by atoms with Crippen LogP contribution in [0.25, 0.3) is 0 Å². The SMILES string of the molecule is CC(C)c1ccccc1OCC(=O)N(C)C. The summed E-state index contributed by atoms with van der Waals surface area (Å²) in [5, 5.41) is 0. The van der Waals surface area contributed by atoms with Crippen LogP contribution >= 0.6 is 0 Å². The Morgan fingerprint density at radius 3 is 2.50 bits per heavy atom. The zero-order valence-corrected chi connectivity index (χ0v) is 10.4. The first-order valence-electron chi connectivity index (χ1n) is 5.44. The maximum absolute atomic E-state index is 11.4. The molecule has 88 valence electrons. The quantitative estimate of drug-likeness (QED) is 0.780. The first-order chi connectivity index (χ1) is 7.52. The molecule has 0 fully saturated rings. The van der Waals surface area contributed by atoms with E-state index in [4.69, 9.17) is 4.74 Å². The molecule has 0 aliphatic heterocycles. The molecule has 0 unspecified atom stereocenters. The van der Waals surface area contributed by atoms with Gasteiger partial charge in [0.1, 0.15) is 5.75 Å². The van der Waals surface area contributed by atoms with Crippen molar-refractivity contribution in [1.29, 1.82) is 0 Å². The Hall–Kier alpha value is -1.51. The largest absolute Gasteiger partial charge is 0.483 e. The van der Waals surface area contributed by atoms with Gasteiger partial charge in [-0.15, -0.1) is 0 Å². The average Bonchev–Trinajstić information content (AvgIpc) is 2.25. The van der Waals surface area contributed by atoms with Crippen molar-refractivity contribution < 1.29 is 9.53 Å². The molecule has 0 aliphatic carbocycles. The Morgan fingerprint density at radius 2 is 1.94 bits per heavy atom. The van der Waals surface area contributed by atoms with E-state index in [0.29, 0.717) is 5.92 Å². The summed E-state index contributed by atoms with van der Waals surface area (Å²) in [6.45, 7) is 4.31. The van der Waals surface area contributed by atoms with E-state index in [2.05, 4.69) is 13.8 Å². The second-order valence-electron chi connectivity index (χ2n) is 4.27. The smallest absolute Gasteiger partial charge is 0.259 e. The second kappa shape index (κ2) is 5.54. The first kappa shape index (κ1) is 12.6. The van der Waals surface area contributed by atoms with Crippen LogP contribution in [0.4, 0.5) is 0 Å². The van der Waals surface area contributed by atoms with E-state index in [1.807, 2.05) is 24.3 Å². The van der Waals surface area contributed by atoms with Crippen molar-refractivity contribution in [3.05, 3.63) is 29.8 Å². The van der Waals surface area contributed by atoms with Crippen LogP contribution in [0, 0.1) is 0 Å². The Bertz CT molecular complexity index is 359. The summed E-state index contributed by atoms with van der Waals surface area (Å²) in [5.41, 5.74) is 1.13. The Labute approximate surface area is 97.0 Å². The highest BCUT2D eigenvalue weighted by Crippen LogP contribution is 2.25. The van der Waals surface area contributed by atoms with E-state index in [0.717, 1.165) is 11.3 Å². The van der Waals surface area contributed by atoms with Crippen LogP contribution < -0.4 is 4.74 Å². The van der Waals surface area contributed by atoms with E-state index in [-0.39, 0.29) is 12.5 Å². The predicted octanol–water partition coefficient (Wildman–Crippen LogP) is 2.28. The van der Waals surface area contributed by atoms with E-state index in [1.54, 1.807) is 14.1 Å². The van der Waals surface area contributed by atoms with Crippen LogP contribution in [0.2, 0.25) is 0 Å². The van der Waals surface area contributed by atoms with Gasteiger partial charge in [-0.1, -0.05) is 32.0 Å². The maximum atomic E-state index is 11.4. The highest BCUT2D eigenvalue weighted by atomic mass is 16.5. The number of para-hydroxylation sites is 1. The summed E-state index contributed by atoms with van der Waals surface area (Å²) in [5.74, 6) is 1.16. The molecule has 0 aromatic heterocycles. The topological polar surface area (TPSA) is 29.5 Å². The van der Waals surface area contributed by atoms with Gasteiger partial charge in [0, 0.05) is 14.1 Å². The summed E-state index contributed by atoms with van der Waals surface area (Å²) in [7, 11) is 3.44. The average molecular weight is 221 g/mol. The molecule has 16 heavy (non-hydrogen) atoms. The van der Waals surface area contributed by atoms with Gasteiger partial charge in [-0.2, -0.15) is 0 Å². The first-order valence-corrected chi connectivity index (χ1v) is 5.44. The van der Waals surface area contributed by atoms with Crippen molar-refractivity contribution >= 4 is 5.91 Å². The minimum absolute atomic E-state index is 0.0291. The number of benzene rings is 1. The number of carbonyl (C=O) groups is 1. The zero-order valence-electron chi connectivity index (χ0n) is 10.4. The van der Waals surface area contributed by atoms with Crippen LogP contribution in [0.1, 0.15) is 25.3 Å². The van der Waals surface area contributed by atoms with E-state index in [1.165, 1.54) is 4.90 Å². The molecule has 0 N–H and O–H groups in total. The summed E-state index contributed by atoms with van der Waals surface area (Å²) in [4.78, 5) is 12.9. The van der Waals surface area contributed by atoms with Crippen molar-refractivity contribution in [3.8, 4) is 5.75 Å². The van der Waals surface area contributed by atoms with Crippen LogP contribution in [0.3, 0.4) is 0 Å². The molecule has 1 aromatic carbocycles. The van der Waals surface area contributed by atoms with Crippen molar-refractivity contribution in [2.75, 3.05) is 20.7 Å². The van der Waals surface area contributed by atoms with E-state index < -0.39 is 0 Å². The fourth-order valence-electron chi connectivity index (χ4n) is 1.36. The molecule has 0 bridgehead atoms. The van der Waals surface area contributed by atoms with Crippen LogP contribution in [-0.2, 0) is 4.79 Å². The Balaban J connectivity index is 2.70. The third-order valence-electron chi connectivity index (χ3n) is 2.39. The van der Waals surface area contributed by atoms with Crippen molar-refractivity contribution in [2.24, 2.45) is 0 Å². The van der Waals surface area contributed by atoms with Gasteiger partial charge in [0.05, 0.1) is 0 Å². The molecule has 0 atom stereocenters. The number of hydrogen-bond acceptors (Lipinski definition) is 2. The van der Waals surface area contributed by atoms with Crippen molar-refractivity contribution in [1.82, 2.24) is 4.90 Å². The lowest BCUT2D eigenvalue weighted by atomic mass is 10.0. The number of nitrogens with zero attached hydrogens (tertiary/aromatic N) is 1. The lowest BCUT2D eigenvalue weighted by Crippen LogP contribution is -2.27. The van der Waals surface area contributed by atoms with Gasteiger partial charge >= 0.3 is 0 Å².